The van der Waals surface area contributed by atoms with Gasteiger partial charge in [-0.2, -0.15) is 0 Å². The molecule has 1 aromatic carbocycles. The van der Waals surface area contributed by atoms with E-state index in [2.05, 4.69) is 15.9 Å². The van der Waals surface area contributed by atoms with Crippen molar-refractivity contribution in [3.05, 3.63) is 35.0 Å². The Balaban J connectivity index is 2.45. The van der Waals surface area contributed by atoms with Gasteiger partial charge in [-0.3, -0.25) is 0 Å². The number of halogens is 2. The highest BCUT2D eigenvalue weighted by atomic mass is 79.9. The Kier molecular flexibility index (Phi) is 3.14. The third-order valence-electron chi connectivity index (χ3n) is 2.21. The molecule has 0 radical (unpaired) electrons. The molecule has 0 aliphatic heterocycles. The van der Waals surface area contributed by atoms with Crippen LogP contribution in [0.15, 0.2) is 28.7 Å². The first-order valence-electron chi connectivity index (χ1n) is 4.55. The first-order chi connectivity index (χ1) is 6.83. The second kappa shape index (κ2) is 4.37. The van der Waals surface area contributed by atoms with Crippen molar-refractivity contribution in [2.24, 2.45) is 0 Å². The van der Waals surface area contributed by atoms with Crippen LogP contribution in [0.4, 0.5) is 0 Å². The van der Waals surface area contributed by atoms with Gasteiger partial charge in [0.15, 0.2) is 5.22 Å². The molecule has 0 amide bonds. The fourth-order valence-corrected chi connectivity index (χ4v) is 2.11. The zero-order valence-electron chi connectivity index (χ0n) is 7.59. The first-order valence-corrected chi connectivity index (χ1v) is 6.04. The average Bonchev–Trinajstić information content (AvgIpc) is 2.51. The lowest BCUT2D eigenvalue weighted by Crippen LogP contribution is -1.84. The maximum Gasteiger partial charge on any atom is 0.197 e. The van der Waals surface area contributed by atoms with Crippen LogP contribution in [0.2, 0.25) is 5.22 Å². The average molecular weight is 274 g/mol. The van der Waals surface area contributed by atoms with Crippen molar-refractivity contribution >= 4 is 38.5 Å². The summed E-state index contributed by atoms with van der Waals surface area (Å²) in [7, 11) is 0. The summed E-state index contributed by atoms with van der Waals surface area (Å²) in [5, 5.41) is 2.66. The smallest absolute Gasteiger partial charge is 0.197 e. The number of fused-ring (bicyclic) bond motifs is 1. The Morgan fingerprint density at radius 3 is 2.86 bits per heavy atom. The molecule has 0 aliphatic carbocycles. The lowest BCUT2D eigenvalue weighted by molar-refractivity contribution is 0.612. The van der Waals surface area contributed by atoms with Gasteiger partial charge >= 0.3 is 0 Å². The number of hydrogen-bond acceptors (Lipinski definition) is 1. The highest BCUT2D eigenvalue weighted by Gasteiger charge is 2.10. The van der Waals surface area contributed by atoms with Crippen molar-refractivity contribution < 1.29 is 4.42 Å². The van der Waals surface area contributed by atoms with Crippen LogP contribution in [0, 0.1) is 0 Å². The van der Waals surface area contributed by atoms with E-state index in [9.17, 15) is 0 Å². The van der Waals surface area contributed by atoms with E-state index in [1.807, 2.05) is 24.3 Å². The Hall–Kier alpha value is -0.470. The molecule has 1 heterocycles. The predicted octanol–water partition coefficient (Wildman–Crippen LogP) is 4.41. The number of hydrogen-bond donors (Lipinski definition) is 0. The number of rotatable bonds is 3. The zero-order valence-corrected chi connectivity index (χ0v) is 9.94. The Morgan fingerprint density at radius 2 is 2.07 bits per heavy atom. The van der Waals surface area contributed by atoms with Crippen LogP contribution < -0.4 is 0 Å². The van der Waals surface area contributed by atoms with Crippen LogP contribution in [0.3, 0.4) is 0 Å². The predicted molar refractivity (Wildman–Crippen MR) is 63.3 cm³/mol. The van der Waals surface area contributed by atoms with Crippen molar-refractivity contribution in [1.29, 1.82) is 0 Å². The van der Waals surface area contributed by atoms with Crippen molar-refractivity contribution in [1.82, 2.24) is 0 Å². The minimum absolute atomic E-state index is 0.534. The summed E-state index contributed by atoms with van der Waals surface area (Å²) in [6, 6.07) is 7.95. The largest absolute Gasteiger partial charge is 0.444 e. The van der Waals surface area contributed by atoms with E-state index in [0.717, 1.165) is 34.7 Å². The highest BCUT2D eigenvalue weighted by molar-refractivity contribution is 9.09. The molecule has 0 atom stereocenters. The molecule has 2 rings (SSSR count). The lowest BCUT2D eigenvalue weighted by Gasteiger charge is -1.95. The quantitative estimate of drug-likeness (QED) is 0.755. The van der Waals surface area contributed by atoms with Crippen LogP contribution >= 0.6 is 27.5 Å². The normalized spacial score (nSPS) is 11.0. The fourth-order valence-electron chi connectivity index (χ4n) is 1.55. The van der Waals surface area contributed by atoms with Gasteiger partial charge in [-0.15, -0.1) is 0 Å². The topological polar surface area (TPSA) is 13.1 Å². The molecule has 1 nitrogen and oxygen atoms in total. The second-order valence-electron chi connectivity index (χ2n) is 3.14. The van der Waals surface area contributed by atoms with Gasteiger partial charge in [0.1, 0.15) is 5.58 Å². The van der Waals surface area contributed by atoms with Gasteiger partial charge in [-0.05, 0) is 30.5 Å². The third kappa shape index (κ3) is 1.82. The van der Waals surface area contributed by atoms with Crippen molar-refractivity contribution in [2.45, 2.75) is 12.8 Å². The minimum Gasteiger partial charge on any atom is -0.444 e. The van der Waals surface area contributed by atoms with Crippen LogP contribution in [-0.4, -0.2) is 5.33 Å². The lowest BCUT2D eigenvalue weighted by atomic mass is 10.1. The standard InChI is InChI=1S/C11H10BrClO/c12-7-3-5-9-8-4-1-2-6-10(8)14-11(9)13/h1-2,4,6H,3,5,7H2. The first kappa shape index (κ1) is 10.1. The summed E-state index contributed by atoms with van der Waals surface area (Å²) in [4.78, 5) is 0. The molecule has 74 valence electrons. The molecule has 2 aromatic rings. The molecule has 1 aromatic heterocycles. The van der Waals surface area contributed by atoms with E-state index >= 15 is 0 Å². The highest BCUT2D eigenvalue weighted by Crippen LogP contribution is 2.30. The fraction of sp³-hybridized carbons (Fsp3) is 0.273. The summed E-state index contributed by atoms with van der Waals surface area (Å²) < 4.78 is 5.45. The number of benzene rings is 1. The molecule has 0 spiro atoms. The van der Waals surface area contributed by atoms with Crippen LogP contribution in [0.1, 0.15) is 12.0 Å². The summed E-state index contributed by atoms with van der Waals surface area (Å²) in [5.74, 6) is 0. The molecular formula is C11H10BrClO. The number of para-hydroxylation sites is 1. The third-order valence-corrected chi connectivity index (χ3v) is 3.08. The molecule has 0 saturated carbocycles. The van der Waals surface area contributed by atoms with Gasteiger partial charge in [-0.25, -0.2) is 0 Å². The molecule has 14 heavy (non-hydrogen) atoms. The van der Waals surface area contributed by atoms with Crippen LogP contribution in [-0.2, 0) is 6.42 Å². The summed E-state index contributed by atoms with van der Waals surface area (Å²) in [6.07, 6.45) is 2.03. The molecule has 0 N–H and O–H groups in total. The van der Waals surface area contributed by atoms with Crippen molar-refractivity contribution in [2.75, 3.05) is 5.33 Å². The number of furan rings is 1. The zero-order chi connectivity index (χ0) is 9.97. The monoisotopic (exact) mass is 272 g/mol. The van der Waals surface area contributed by atoms with Gasteiger partial charge in [0.2, 0.25) is 0 Å². The summed E-state index contributed by atoms with van der Waals surface area (Å²) in [6.45, 7) is 0. The van der Waals surface area contributed by atoms with Crippen molar-refractivity contribution in [3.8, 4) is 0 Å². The summed E-state index contributed by atoms with van der Waals surface area (Å²) in [5.41, 5.74) is 2.00. The Labute approximate surface area is 96.2 Å². The Morgan fingerprint density at radius 1 is 1.29 bits per heavy atom. The van der Waals surface area contributed by atoms with Gasteiger partial charge in [0.05, 0.1) is 0 Å². The molecular weight excluding hydrogens is 263 g/mol. The van der Waals surface area contributed by atoms with Gasteiger partial charge in [0.25, 0.3) is 0 Å². The molecule has 3 heteroatoms. The molecule has 0 fully saturated rings. The minimum atomic E-state index is 0.534. The molecule has 0 aliphatic rings. The SMILES string of the molecule is Clc1oc2ccccc2c1CCCBr. The maximum atomic E-state index is 6.02. The van der Waals surface area contributed by atoms with E-state index in [0.29, 0.717) is 5.22 Å². The van der Waals surface area contributed by atoms with Gasteiger partial charge in [0, 0.05) is 16.3 Å². The van der Waals surface area contributed by atoms with Crippen LogP contribution in [0.5, 0.6) is 0 Å². The molecule has 0 unspecified atom stereocenters. The van der Waals surface area contributed by atoms with E-state index in [1.165, 1.54) is 0 Å². The van der Waals surface area contributed by atoms with E-state index in [4.69, 9.17) is 16.0 Å². The Bertz CT molecular complexity index is 436. The van der Waals surface area contributed by atoms with Crippen molar-refractivity contribution in [3.63, 3.8) is 0 Å². The summed E-state index contributed by atoms with van der Waals surface area (Å²) >= 11 is 9.43. The van der Waals surface area contributed by atoms with Crippen LogP contribution in [0.25, 0.3) is 11.0 Å². The second-order valence-corrected chi connectivity index (χ2v) is 4.28. The van der Waals surface area contributed by atoms with E-state index in [-0.39, 0.29) is 0 Å². The maximum absolute atomic E-state index is 6.02. The van der Waals surface area contributed by atoms with Gasteiger partial charge < -0.3 is 4.42 Å². The number of alkyl halides is 1. The molecule has 0 bridgehead atoms. The van der Waals surface area contributed by atoms with E-state index in [1.54, 1.807) is 0 Å². The van der Waals surface area contributed by atoms with E-state index < -0.39 is 0 Å². The number of aryl methyl sites for hydroxylation is 1. The molecule has 0 saturated heterocycles. The van der Waals surface area contributed by atoms with Gasteiger partial charge in [-0.1, -0.05) is 34.1 Å².